The van der Waals surface area contributed by atoms with Gasteiger partial charge in [-0.15, -0.1) is 0 Å². The van der Waals surface area contributed by atoms with Gasteiger partial charge in [-0.2, -0.15) is 0 Å². The number of nitrogens with zero attached hydrogens (tertiary/aromatic N) is 1. The van der Waals surface area contributed by atoms with Gasteiger partial charge in [0.25, 0.3) is 0 Å². The van der Waals surface area contributed by atoms with Gasteiger partial charge in [-0.3, -0.25) is 9.69 Å². The van der Waals surface area contributed by atoms with Crippen LogP contribution < -0.4 is 11.1 Å². The van der Waals surface area contributed by atoms with Crippen molar-refractivity contribution in [3.05, 3.63) is 29.3 Å². The maximum atomic E-state index is 11.7. The van der Waals surface area contributed by atoms with Crippen LogP contribution in [0.25, 0.3) is 0 Å². The molecule has 1 atom stereocenters. The molecule has 1 fully saturated rings. The summed E-state index contributed by atoms with van der Waals surface area (Å²) >= 11 is 0. The monoisotopic (exact) mass is 277 g/mol. The van der Waals surface area contributed by atoms with Crippen LogP contribution in [0.5, 0.6) is 0 Å². The first-order valence-corrected chi connectivity index (χ1v) is 7.02. The van der Waals surface area contributed by atoms with Crippen molar-refractivity contribution >= 4 is 11.6 Å². The Morgan fingerprint density at radius 2 is 2.15 bits per heavy atom. The van der Waals surface area contributed by atoms with Crippen molar-refractivity contribution in [1.29, 1.82) is 0 Å². The zero-order chi connectivity index (χ0) is 14.5. The smallest absolute Gasteiger partial charge is 0.241 e. The highest BCUT2D eigenvalue weighted by molar-refractivity contribution is 5.95. The molecule has 1 unspecified atom stereocenters. The number of hydrogen-bond acceptors (Lipinski definition) is 4. The Balaban J connectivity index is 2.05. The summed E-state index contributed by atoms with van der Waals surface area (Å²) in [5.41, 5.74) is 8.67. The first-order valence-electron chi connectivity index (χ1n) is 7.02. The molecule has 1 aromatic rings. The zero-order valence-electron chi connectivity index (χ0n) is 12.2. The van der Waals surface area contributed by atoms with Gasteiger partial charge >= 0.3 is 0 Å². The van der Waals surface area contributed by atoms with E-state index in [2.05, 4.69) is 16.3 Å². The second-order valence-corrected chi connectivity index (χ2v) is 5.32. The van der Waals surface area contributed by atoms with E-state index in [0.717, 1.165) is 44.1 Å². The van der Waals surface area contributed by atoms with Crippen LogP contribution in [0, 0.1) is 6.92 Å². The van der Waals surface area contributed by atoms with Crippen molar-refractivity contribution < 1.29 is 9.53 Å². The van der Waals surface area contributed by atoms with Crippen LogP contribution in [0.4, 0.5) is 5.69 Å². The molecule has 5 heteroatoms. The first kappa shape index (κ1) is 15.0. The molecule has 0 aliphatic carbocycles. The van der Waals surface area contributed by atoms with Gasteiger partial charge in [0.05, 0.1) is 19.3 Å². The topological polar surface area (TPSA) is 67.6 Å². The fourth-order valence-corrected chi connectivity index (χ4v) is 2.17. The van der Waals surface area contributed by atoms with Gasteiger partial charge < -0.3 is 15.8 Å². The molecule has 1 amide bonds. The van der Waals surface area contributed by atoms with E-state index in [-0.39, 0.29) is 5.91 Å². The molecule has 1 aromatic carbocycles. The molecular formula is C15H23N3O2. The van der Waals surface area contributed by atoms with E-state index in [1.165, 1.54) is 5.56 Å². The Labute approximate surface area is 120 Å². The Bertz CT molecular complexity index is 468. The normalized spacial score (nSPS) is 17.8. The summed E-state index contributed by atoms with van der Waals surface area (Å²) in [4.78, 5) is 14.1. The number of morpholine rings is 1. The Morgan fingerprint density at radius 3 is 2.80 bits per heavy atom. The lowest BCUT2D eigenvalue weighted by atomic mass is 10.1. The first-order chi connectivity index (χ1) is 9.56. The molecule has 0 saturated carbocycles. The van der Waals surface area contributed by atoms with E-state index in [9.17, 15) is 4.79 Å². The number of aryl methyl sites for hydroxylation is 1. The molecular weight excluding hydrogens is 254 g/mol. The average Bonchev–Trinajstić information content (AvgIpc) is 2.43. The summed E-state index contributed by atoms with van der Waals surface area (Å²) in [5, 5.41) is 2.88. The standard InChI is InChI=1S/C15H23N3O2/c1-11-3-4-13(10-18-5-7-20-8-6-18)9-14(11)17-15(19)12(2)16/h3-4,9,12H,5-8,10,16H2,1-2H3,(H,17,19). The quantitative estimate of drug-likeness (QED) is 0.865. The Hall–Kier alpha value is -1.43. The molecule has 0 spiro atoms. The van der Waals surface area contributed by atoms with Crippen LogP contribution in [-0.2, 0) is 16.1 Å². The van der Waals surface area contributed by atoms with Crippen molar-refractivity contribution in [1.82, 2.24) is 4.90 Å². The second-order valence-electron chi connectivity index (χ2n) is 5.32. The predicted molar refractivity (Wildman–Crippen MR) is 79.6 cm³/mol. The molecule has 1 aliphatic rings. The van der Waals surface area contributed by atoms with E-state index in [4.69, 9.17) is 10.5 Å². The van der Waals surface area contributed by atoms with Gasteiger partial charge in [-0.1, -0.05) is 12.1 Å². The number of rotatable bonds is 4. The molecule has 1 aliphatic heterocycles. The van der Waals surface area contributed by atoms with Crippen LogP contribution >= 0.6 is 0 Å². The summed E-state index contributed by atoms with van der Waals surface area (Å²) in [7, 11) is 0. The number of nitrogens with one attached hydrogen (secondary N) is 1. The number of carbonyl (C=O) groups excluding carboxylic acids is 1. The third-order valence-corrected chi connectivity index (χ3v) is 3.48. The summed E-state index contributed by atoms with van der Waals surface area (Å²) in [5.74, 6) is -0.156. The lowest BCUT2D eigenvalue weighted by Gasteiger charge is -2.26. The molecule has 0 bridgehead atoms. The molecule has 1 heterocycles. The molecule has 110 valence electrons. The van der Waals surface area contributed by atoms with E-state index < -0.39 is 6.04 Å². The predicted octanol–water partition coefficient (Wildman–Crippen LogP) is 1.11. The van der Waals surface area contributed by atoms with Crippen molar-refractivity contribution in [3.8, 4) is 0 Å². The number of ether oxygens (including phenoxy) is 1. The van der Waals surface area contributed by atoms with Crippen molar-refractivity contribution in [2.24, 2.45) is 5.73 Å². The fraction of sp³-hybridized carbons (Fsp3) is 0.533. The van der Waals surface area contributed by atoms with Crippen LogP contribution in [0.1, 0.15) is 18.1 Å². The van der Waals surface area contributed by atoms with Gasteiger partial charge in [0.15, 0.2) is 0 Å². The van der Waals surface area contributed by atoms with E-state index in [1.807, 2.05) is 19.1 Å². The molecule has 0 radical (unpaired) electrons. The maximum Gasteiger partial charge on any atom is 0.241 e. The summed E-state index contributed by atoms with van der Waals surface area (Å²) in [6, 6.07) is 5.67. The zero-order valence-corrected chi connectivity index (χ0v) is 12.2. The van der Waals surface area contributed by atoms with Crippen molar-refractivity contribution in [3.63, 3.8) is 0 Å². The highest BCUT2D eigenvalue weighted by Crippen LogP contribution is 2.18. The number of anilines is 1. The van der Waals surface area contributed by atoms with Crippen molar-refractivity contribution in [2.45, 2.75) is 26.4 Å². The summed E-state index contributed by atoms with van der Waals surface area (Å²) in [6.07, 6.45) is 0. The molecule has 20 heavy (non-hydrogen) atoms. The Morgan fingerprint density at radius 1 is 1.45 bits per heavy atom. The SMILES string of the molecule is Cc1ccc(CN2CCOCC2)cc1NC(=O)C(C)N. The summed E-state index contributed by atoms with van der Waals surface area (Å²) < 4.78 is 5.35. The van der Waals surface area contributed by atoms with Crippen molar-refractivity contribution in [2.75, 3.05) is 31.6 Å². The van der Waals surface area contributed by atoms with Gasteiger partial charge in [0.1, 0.15) is 0 Å². The van der Waals surface area contributed by atoms with Crippen LogP contribution in [0.2, 0.25) is 0 Å². The number of amides is 1. The van der Waals surface area contributed by atoms with Crippen LogP contribution in [0.3, 0.4) is 0 Å². The van der Waals surface area contributed by atoms with E-state index in [0.29, 0.717) is 0 Å². The molecule has 3 N–H and O–H groups in total. The second kappa shape index (κ2) is 6.83. The van der Waals surface area contributed by atoms with Gasteiger partial charge in [0, 0.05) is 25.3 Å². The Kier molecular flexibility index (Phi) is 5.11. The third-order valence-electron chi connectivity index (χ3n) is 3.48. The number of carbonyl (C=O) groups is 1. The van der Waals surface area contributed by atoms with Gasteiger partial charge in [-0.25, -0.2) is 0 Å². The molecule has 5 nitrogen and oxygen atoms in total. The highest BCUT2D eigenvalue weighted by Gasteiger charge is 2.13. The molecule has 0 aromatic heterocycles. The molecule has 2 rings (SSSR count). The van der Waals surface area contributed by atoms with Crippen LogP contribution in [-0.4, -0.2) is 43.2 Å². The lowest BCUT2D eigenvalue weighted by molar-refractivity contribution is -0.117. The number of hydrogen-bond donors (Lipinski definition) is 2. The lowest BCUT2D eigenvalue weighted by Crippen LogP contribution is -2.35. The number of benzene rings is 1. The average molecular weight is 277 g/mol. The number of nitrogens with two attached hydrogens (primary N) is 1. The summed E-state index contributed by atoms with van der Waals surface area (Å²) in [6.45, 7) is 8.04. The third kappa shape index (κ3) is 4.03. The van der Waals surface area contributed by atoms with E-state index in [1.54, 1.807) is 6.92 Å². The maximum absolute atomic E-state index is 11.7. The minimum Gasteiger partial charge on any atom is -0.379 e. The van der Waals surface area contributed by atoms with Gasteiger partial charge in [0.2, 0.25) is 5.91 Å². The fourth-order valence-electron chi connectivity index (χ4n) is 2.17. The minimum atomic E-state index is -0.503. The highest BCUT2D eigenvalue weighted by atomic mass is 16.5. The van der Waals surface area contributed by atoms with E-state index >= 15 is 0 Å². The van der Waals surface area contributed by atoms with Gasteiger partial charge in [-0.05, 0) is 31.0 Å². The minimum absolute atomic E-state index is 0.156. The van der Waals surface area contributed by atoms with Crippen LogP contribution in [0.15, 0.2) is 18.2 Å². The molecule has 1 saturated heterocycles. The largest absolute Gasteiger partial charge is 0.379 e.